The van der Waals surface area contributed by atoms with E-state index < -0.39 is 0 Å². The molecule has 0 N–H and O–H groups in total. The van der Waals surface area contributed by atoms with Gasteiger partial charge in [-0.1, -0.05) is 0 Å². The van der Waals surface area contributed by atoms with Gasteiger partial charge in [0.05, 0.1) is 0 Å². The first kappa shape index (κ1) is 13.5. The predicted octanol–water partition coefficient (Wildman–Crippen LogP) is 3.05. The molecule has 0 atom stereocenters. The van der Waals surface area contributed by atoms with Gasteiger partial charge in [0.25, 0.3) is 0 Å². The van der Waals surface area contributed by atoms with Crippen LogP contribution in [-0.4, -0.2) is 0 Å². The molecule has 0 heterocycles. The predicted molar refractivity (Wildman–Crippen MR) is 46.7 cm³/mol. The number of rotatable bonds is 2. The third-order valence-electron chi connectivity index (χ3n) is 2.35. The van der Waals surface area contributed by atoms with Gasteiger partial charge in [0.2, 0.25) is 0 Å². The van der Waals surface area contributed by atoms with Crippen molar-refractivity contribution >= 4 is 0 Å². The maximum absolute atomic E-state index is 2.33. The molecular weight excluding hydrogens is 684 g/mol. The fraction of sp³-hybridized carbons (Fsp3) is 0.545. The average molecular weight is 698 g/mol. The van der Waals surface area contributed by atoms with E-state index in [-0.39, 0.29) is 0 Å². The topological polar surface area (TPSA) is 0 Å². The van der Waals surface area contributed by atoms with Crippen molar-refractivity contribution in [2.75, 3.05) is 0 Å². The Hall–Kier alpha value is 1.41. The fourth-order valence-corrected chi connectivity index (χ4v) is 6.75. The summed E-state index contributed by atoms with van der Waals surface area (Å²) < 4.78 is 4.97. The molecule has 0 spiro atoms. The normalized spacial score (nSPS) is 11.6. The van der Waals surface area contributed by atoms with Crippen LogP contribution in [0.3, 0.4) is 0 Å². The molecule has 0 aliphatic rings. The summed E-state index contributed by atoms with van der Waals surface area (Å²) in [6.07, 6.45) is 0. The Bertz CT molecular complexity index is 431. The van der Waals surface area contributed by atoms with Gasteiger partial charge in [-0.05, 0) is 0 Å². The molecule has 0 unspecified atom stereocenters. The minimum absolute atomic E-state index is 0.700. The number of hydrogen-bond acceptors (Lipinski definition) is 0. The summed E-state index contributed by atoms with van der Waals surface area (Å²) in [5.41, 5.74) is 3.34. The van der Waals surface area contributed by atoms with Crippen molar-refractivity contribution in [1.29, 1.82) is 0 Å². The SMILES string of the molecule is CC(C)c1c(C(C)C)[c](=[W])[c](=[W])[c]1=[W]. The van der Waals surface area contributed by atoms with E-state index in [1.807, 2.05) is 0 Å². The molecule has 0 nitrogen and oxygen atoms in total. The van der Waals surface area contributed by atoms with Crippen LogP contribution in [-0.2, 0) is 58.1 Å². The van der Waals surface area contributed by atoms with Gasteiger partial charge in [-0.2, -0.15) is 0 Å². The quantitative estimate of drug-likeness (QED) is 0.447. The monoisotopic (exact) mass is 698 g/mol. The summed E-state index contributed by atoms with van der Waals surface area (Å²) in [6.45, 7) is 9.32. The first-order valence-corrected chi connectivity index (χ1v) is 9.15. The van der Waals surface area contributed by atoms with Crippen molar-refractivity contribution in [3.63, 3.8) is 0 Å². The van der Waals surface area contributed by atoms with Crippen molar-refractivity contribution in [2.45, 2.75) is 39.5 Å². The fourth-order valence-electron chi connectivity index (χ4n) is 1.74. The van der Waals surface area contributed by atoms with Gasteiger partial charge in [0.15, 0.2) is 0 Å². The maximum atomic E-state index is 2.33. The van der Waals surface area contributed by atoms with Crippen LogP contribution < -0.4 is 0 Å². The van der Waals surface area contributed by atoms with Gasteiger partial charge in [0, 0.05) is 0 Å². The van der Waals surface area contributed by atoms with Crippen LogP contribution >= 0.6 is 0 Å². The number of hydrogen-bond donors (Lipinski definition) is 0. The molecule has 3 heteroatoms. The Balaban J connectivity index is 3.72. The van der Waals surface area contributed by atoms with Gasteiger partial charge in [-0.15, -0.1) is 0 Å². The van der Waals surface area contributed by atoms with Crippen molar-refractivity contribution < 1.29 is 58.1 Å². The van der Waals surface area contributed by atoms with E-state index in [4.69, 9.17) is 0 Å². The second-order valence-electron chi connectivity index (χ2n) is 4.12. The van der Waals surface area contributed by atoms with E-state index in [0.29, 0.717) is 11.8 Å². The van der Waals surface area contributed by atoms with Crippen LogP contribution in [0.5, 0.6) is 0 Å². The molecule has 0 aliphatic carbocycles. The summed E-state index contributed by atoms with van der Waals surface area (Å²) in [4.78, 5) is 0. The van der Waals surface area contributed by atoms with Gasteiger partial charge in [0.1, 0.15) is 0 Å². The molecule has 0 fully saturated rings. The average Bonchev–Trinajstić information content (AvgIpc) is 2.29. The molecule has 0 aromatic heterocycles. The van der Waals surface area contributed by atoms with Crippen molar-refractivity contribution in [1.82, 2.24) is 0 Å². The van der Waals surface area contributed by atoms with E-state index in [2.05, 4.69) is 27.7 Å². The zero-order valence-electron chi connectivity index (χ0n) is 8.88. The first-order valence-electron chi connectivity index (χ1n) is 4.75. The molecule has 0 amide bonds. The summed E-state index contributed by atoms with van der Waals surface area (Å²) in [7, 11) is 0. The Morgan fingerprint density at radius 3 is 1.14 bits per heavy atom. The van der Waals surface area contributed by atoms with E-state index in [9.17, 15) is 0 Å². The van der Waals surface area contributed by atoms with Crippen LogP contribution in [0.4, 0.5) is 0 Å². The Morgan fingerprint density at radius 1 is 0.643 bits per heavy atom. The van der Waals surface area contributed by atoms with Crippen molar-refractivity contribution in [3.05, 3.63) is 21.8 Å². The third-order valence-corrected chi connectivity index (χ3v) is 10.9. The van der Waals surface area contributed by atoms with Crippen LogP contribution in [0.25, 0.3) is 0 Å². The van der Waals surface area contributed by atoms with Crippen LogP contribution in [0.15, 0.2) is 0 Å². The molecule has 0 radical (unpaired) electrons. The van der Waals surface area contributed by atoms with Crippen molar-refractivity contribution in [3.8, 4) is 0 Å². The summed E-state index contributed by atoms with van der Waals surface area (Å²) in [6, 6.07) is 0. The summed E-state index contributed by atoms with van der Waals surface area (Å²) in [5, 5.41) is 0. The Morgan fingerprint density at radius 2 is 0.929 bits per heavy atom. The molecule has 1 rings (SSSR count). The van der Waals surface area contributed by atoms with Gasteiger partial charge in [-0.25, -0.2) is 0 Å². The van der Waals surface area contributed by atoms with E-state index in [1.54, 1.807) is 79.8 Å². The molecule has 0 bridgehead atoms. The van der Waals surface area contributed by atoms with E-state index in [0.717, 1.165) is 0 Å². The van der Waals surface area contributed by atoms with E-state index in [1.165, 1.54) is 0 Å². The Kier molecular flexibility index (Phi) is 4.97. The molecular formula is C11H14W3. The van der Waals surface area contributed by atoms with Gasteiger partial charge >= 0.3 is 119 Å². The molecule has 1 aromatic rings. The zero-order valence-corrected chi connectivity index (χ0v) is 17.7. The second kappa shape index (κ2) is 5.16. The van der Waals surface area contributed by atoms with E-state index >= 15 is 0 Å². The summed E-state index contributed by atoms with van der Waals surface area (Å²) >= 11 is 4.97. The molecule has 0 saturated heterocycles. The molecule has 1 aromatic carbocycles. The van der Waals surface area contributed by atoms with Crippen molar-refractivity contribution in [2.24, 2.45) is 0 Å². The minimum atomic E-state index is 0.700. The van der Waals surface area contributed by atoms with Gasteiger partial charge < -0.3 is 0 Å². The molecule has 0 saturated carbocycles. The molecule has 76 valence electrons. The van der Waals surface area contributed by atoms with Crippen LogP contribution in [0, 0.1) is 10.6 Å². The standard InChI is InChI=1S/C11H14.3W/c1-8(2)10-6-5-7-11(10)9(3)4;;;/h8-9H,1-4H3;;;. The second-order valence-corrected chi connectivity index (χ2v) is 8.52. The third kappa shape index (κ3) is 2.39. The first-order chi connectivity index (χ1) is 6.37. The van der Waals surface area contributed by atoms with Gasteiger partial charge in [-0.3, -0.25) is 0 Å². The molecule has 0 aliphatic heterocycles. The summed E-state index contributed by atoms with van der Waals surface area (Å²) in [5.74, 6) is 1.40. The zero-order chi connectivity index (χ0) is 11.0. The Labute approximate surface area is 118 Å². The molecule has 14 heavy (non-hydrogen) atoms. The van der Waals surface area contributed by atoms with Crippen LogP contribution in [0.2, 0.25) is 0 Å². The van der Waals surface area contributed by atoms with Crippen LogP contribution in [0.1, 0.15) is 50.7 Å².